The molecule has 0 aliphatic heterocycles. The van der Waals surface area contributed by atoms with E-state index in [-0.39, 0.29) is 11.8 Å². The molecule has 0 radical (unpaired) electrons. The van der Waals surface area contributed by atoms with Crippen LogP contribution in [0.4, 0.5) is 11.4 Å². The Balaban J connectivity index is 2.15. The Bertz CT molecular complexity index is 711. The summed E-state index contributed by atoms with van der Waals surface area (Å²) in [7, 11) is 1.61. The average molecular weight is 298 g/mol. The minimum Gasteiger partial charge on any atom is -0.496 e. The summed E-state index contributed by atoms with van der Waals surface area (Å²) >= 11 is 0. The first-order valence-electron chi connectivity index (χ1n) is 6.83. The zero-order valence-corrected chi connectivity index (χ0v) is 12.8. The number of nitrogens with one attached hydrogen (secondary N) is 2. The molecule has 0 saturated carbocycles. The molecule has 2 rings (SSSR count). The van der Waals surface area contributed by atoms with Crippen molar-refractivity contribution in [1.82, 2.24) is 0 Å². The maximum atomic E-state index is 12.3. The Morgan fingerprint density at radius 2 is 1.73 bits per heavy atom. The van der Waals surface area contributed by atoms with E-state index in [0.29, 0.717) is 16.9 Å². The largest absolute Gasteiger partial charge is 0.496 e. The molecule has 2 amide bonds. The molecule has 5 nitrogen and oxygen atoms in total. The molecule has 114 valence electrons. The second-order valence-corrected chi connectivity index (χ2v) is 4.90. The van der Waals surface area contributed by atoms with Gasteiger partial charge in [-0.15, -0.1) is 0 Å². The van der Waals surface area contributed by atoms with Crippen LogP contribution in [0.5, 0.6) is 5.75 Å². The van der Waals surface area contributed by atoms with Crippen molar-refractivity contribution < 1.29 is 14.3 Å². The van der Waals surface area contributed by atoms with Crippen molar-refractivity contribution in [3.63, 3.8) is 0 Å². The highest BCUT2D eigenvalue weighted by Gasteiger charge is 2.08. The van der Waals surface area contributed by atoms with E-state index in [1.54, 1.807) is 43.5 Å². The molecule has 0 spiro atoms. The molecule has 0 saturated heterocycles. The highest BCUT2D eigenvalue weighted by molar-refractivity contribution is 6.05. The first kappa shape index (κ1) is 15.6. The van der Waals surface area contributed by atoms with E-state index in [1.165, 1.54) is 6.92 Å². The van der Waals surface area contributed by atoms with Crippen molar-refractivity contribution >= 4 is 23.2 Å². The molecule has 0 unspecified atom stereocenters. The highest BCUT2D eigenvalue weighted by Crippen LogP contribution is 2.22. The van der Waals surface area contributed by atoms with Crippen molar-refractivity contribution in [2.45, 2.75) is 13.8 Å². The third kappa shape index (κ3) is 3.85. The molecule has 0 aromatic heterocycles. The molecule has 0 aliphatic rings. The van der Waals surface area contributed by atoms with Crippen molar-refractivity contribution in [1.29, 1.82) is 0 Å². The summed E-state index contributed by atoms with van der Waals surface area (Å²) in [6.45, 7) is 3.33. The number of benzene rings is 2. The second kappa shape index (κ2) is 6.76. The fourth-order valence-electron chi connectivity index (χ4n) is 2.10. The van der Waals surface area contributed by atoms with Crippen LogP contribution in [0, 0.1) is 6.92 Å². The van der Waals surface area contributed by atoms with Crippen molar-refractivity contribution in [3.05, 3.63) is 53.6 Å². The van der Waals surface area contributed by atoms with E-state index in [0.717, 1.165) is 11.3 Å². The number of amides is 2. The predicted molar refractivity (Wildman–Crippen MR) is 86.4 cm³/mol. The van der Waals surface area contributed by atoms with Crippen molar-refractivity contribution in [3.8, 4) is 5.75 Å². The second-order valence-electron chi connectivity index (χ2n) is 4.90. The quantitative estimate of drug-likeness (QED) is 0.910. The number of aryl methyl sites for hydroxylation is 1. The van der Waals surface area contributed by atoms with E-state index in [9.17, 15) is 9.59 Å². The molecule has 0 heterocycles. The molecule has 22 heavy (non-hydrogen) atoms. The van der Waals surface area contributed by atoms with E-state index in [4.69, 9.17) is 4.74 Å². The summed E-state index contributed by atoms with van der Waals surface area (Å²) in [6, 6.07) is 12.2. The minimum absolute atomic E-state index is 0.177. The molecule has 0 fully saturated rings. The van der Waals surface area contributed by atoms with Crippen LogP contribution in [0.15, 0.2) is 42.5 Å². The van der Waals surface area contributed by atoms with Gasteiger partial charge in [0.15, 0.2) is 0 Å². The summed E-state index contributed by atoms with van der Waals surface area (Å²) in [6.07, 6.45) is 0. The summed E-state index contributed by atoms with van der Waals surface area (Å²) in [4.78, 5) is 23.3. The topological polar surface area (TPSA) is 67.4 Å². The number of carbonyl (C=O) groups excluding carboxylic acids is 2. The van der Waals surface area contributed by atoms with Crippen molar-refractivity contribution in [2.75, 3.05) is 17.7 Å². The zero-order valence-electron chi connectivity index (χ0n) is 12.8. The summed E-state index contributed by atoms with van der Waals surface area (Å²) in [5.74, 6) is 0.353. The Hall–Kier alpha value is -2.82. The van der Waals surface area contributed by atoms with Crippen LogP contribution >= 0.6 is 0 Å². The predicted octanol–water partition coefficient (Wildman–Crippen LogP) is 3.21. The lowest BCUT2D eigenvalue weighted by Crippen LogP contribution is -2.13. The first-order valence-corrected chi connectivity index (χ1v) is 6.83. The van der Waals surface area contributed by atoms with E-state index in [2.05, 4.69) is 10.6 Å². The van der Waals surface area contributed by atoms with Crippen LogP contribution in [0.1, 0.15) is 22.8 Å². The van der Waals surface area contributed by atoms with Gasteiger partial charge in [-0.3, -0.25) is 9.59 Å². The number of ether oxygens (including phenoxy) is 1. The van der Waals surface area contributed by atoms with Gasteiger partial charge in [0.25, 0.3) is 5.91 Å². The molecule has 2 N–H and O–H groups in total. The third-order valence-electron chi connectivity index (χ3n) is 3.10. The van der Waals surface area contributed by atoms with E-state index < -0.39 is 0 Å². The molecule has 0 atom stereocenters. The maximum absolute atomic E-state index is 12.3. The van der Waals surface area contributed by atoms with Gasteiger partial charge >= 0.3 is 0 Å². The SMILES string of the molecule is COc1ccc(NC(=O)c2cccc(NC(C)=O)c2)cc1C. The zero-order chi connectivity index (χ0) is 16.1. The smallest absolute Gasteiger partial charge is 0.255 e. The number of hydrogen-bond donors (Lipinski definition) is 2. The number of methoxy groups -OCH3 is 1. The number of rotatable bonds is 4. The molecule has 2 aromatic carbocycles. The van der Waals surface area contributed by atoms with Gasteiger partial charge in [-0.25, -0.2) is 0 Å². The summed E-state index contributed by atoms with van der Waals surface area (Å²) in [5, 5.41) is 5.48. The normalized spacial score (nSPS) is 9.95. The fourth-order valence-corrected chi connectivity index (χ4v) is 2.10. The van der Waals surface area contributed by atoms with Gasteiger partial charge in [0.05, 0.1) is 7.11 Å². The van der Waals surface area contributed by atoms with Gasteiger partial charge in [-0.2, -0.15) is 0 Å². The van der Waals surface area contributed by atoms with Gasteiger partial charge < -0.3 is 15.4 Å². The first-order chi connectivity index (χ1) is 10.5. The number of hydrogen-bond acceptors (Lipinski definition) is 3. The molecular weight excluding hydrogens is 280 g/mol. The fraction of sp³-hybridized carbons (Fsp3) is 0.176. The van der Waals surface area contributed by atoms with Gasteiger partial charge in [0, 0.05) is 23.9 Å². The Morgan fingerprint density at radius 1 is 1.00 bits per heavy atom. The van der Waals surface area contributed by atoms with Gasteiger partial charge in [0.2, 0.25) is 5.91 Å². The van der Waals surface area contributed by atoms with Crippen LogP contribution in [0.2, 0.25) is 0 Å². The van der Waals surface area contributed by atoms with Crippen molar-refractivity contribution in [2.24, 2.45) is 0 Å². The average Bonchev–Trinajstić information content (AvgIpc) is 2.47. The van der Waals surface area contributed by atoms with E-state index in [1.807, 2.05) is 13.0 Å². The highest BCUT2D eigenvalue weighted by atomic mass is 16.5. The van der Waals surface area contributed by atoms with Gasteiger partial charge in [-0.1, -0.05) is 6.07 Å². The van der Waals surface area contributed by atoms with Gasteiger partial charge in [-0.05, 0) is 48.9 Å². The maximum Gasteiger partial charge on any atom is 0.255 e. The Labute approximate surface area is 129 Å². The van der Waals surface area contributed by atoms with Crippen LogP contribution in [0.3, 0.4) is 0 Å². The Morgan fingerprint density at radius 3 is 2.36 bits per heavy atom. The van der Waals surface area contributed by atoms with Crippen LogP contribution in [-0.2, 0) is 4.79 Å². The monoisotopic (exact) mass is 298 g/mol. The number of carbonyl (C=O) groups is 2. The van der Waals surface area contributed by atoms with E-state index >= 15 is 0 Å². The minimum atomic E-state index is -0.239. The Kier molecular flexibility index (Phi) is 4.78. The van der Waals surface area contributed by atoms with Crippen LogP contribution in [0.25, 0.3) is 0 Å². The number of anilines is 2. The molecule has 0 bridgehead atoms. The van der Waals surface area contributed by atoms with Crippen LogP contribution in [-0.4, -0.2) is 18.9 Å². The molecular formula is C17H18N2O3. The third-order valence-corrected chi connectivity index (χ3v) is 3.10. The standard InChI is InChI=1S/C17H18N2O3/c1-11-9-15(7-8-16(11)22-3)19-17(21)13-5-4-6-14(10-13)18-12(2)20/h4-10H,1-3H3,(H,18,20)(H,19,21). The molecule has 2 aromatic rings. The summed E-state index contributed by atoms with van der Waals surface area (Å²) < 4.78 is 5.19. The van der Waals surface area contributed by atoms with Crippen LogP contribution < -0.4 is 15.4 Å². The molecule has 5 heteroatoms. The molecule has 0 aliphatic carbocycles. The summed E-state index contributed by atoms with van der Waals surface area (Å²) in [5.41, 5.74) is 2.69. The lowest BCUT2D eigenvalue weighted by atomic mass is 10.1. The lowest BCUT2D eigenvalue weighted by molar-refractivity contribution is -0.114. The van der Waals surface area contributed by atoms with Gasteiger partial charge in [0.1, 0.15) is 5.75 Å². The lowest BCUT2D eigenvalue weighted by Gasteiger charge is -2.10.